The number of benzene rings is 2. The number of rotatable bonds is 5. The van der Waals surface area contributed by atoms with Gasteiger partial charge in [0.25, 0.3) is 0 Å². The Morgan fingerprint density at radius 3 is 2.82 bits per heavy atom. The van der Waals surface area contributed by atoms with Crippen molar-refractivity contribution in [2.24, 2.45) is 0 Å². The molecule has 0 saturated carbocycles. The van der Waals surface area contributed by atoms with Gasteiger partial charge in [-0.2, -0.15) is 0 Å². The summed E-state index contributed by atoms with van der Waals surface area (Å²) < 4.78 is 7.76. The zero-order chi connectivity index (χ0) is 15.5. The number of fused-ring (bicyclic) bond motifs is 1. The summed E-state index contributed by atoms with van der Waals surface area (Å²) in [4.78, 5) is 4.42. The summed E-state index contributed by atoms with van der Waals surface area (Å²) in [5.74, 6) is 1.44. The lowest BCUT2D eigenvalue weighted by Gasteiger charge is -2.10. The third-order valence-corrected chi connectivity index (χ3v) is 4.01. The quantitative estimate of drug-likeness (QED) is 0.782. The zero-order valence-corrected chi connectivity index (χ0v) is 13.0. The summed E-state index contributed by atoms with van der Waals surface area (Å²) in [6.45, 7) is 2.98. The van der Waals surface area contributed by atoms with Crippen LogP contribution in [0, 0.1) is 6.92 Å². The molecule has 0 aliphatic carbocycles. The third-order valence-electron chi connectivity index (χ3n) is 3.59. The third kappa shape index (κ3) is 2.93. The highest BCUT2D eigenvalue weighted by Gasteiger charge is 2.09. The largest absolute Gasteiger partial charge is 0.492 e. The molecule has 22 heavy (non-hydrogen) atoms. The highest BCUT2D eigenvalue weighted by Crippen LogP contribution is 2.21. The molecule has 4 nitrogen and oxygen atoms in total. The molecule has 0 amide bonds. The van der Waals surface area contributed by atoms with Crippen LogP contribution in [0.15, 0.2) is 42.5 Å². The average Bonchev–Trinajstić information content (AvgIpc) is 2.89. The topological polar surface area (TPSA) is 47.3 Å². The van der Waals surface area contributed by atoms with E-state index in [0.717, 1.165) is 27.4 Å². The lowest BCUT2D eigenvalue weighted by Crippen LogP contribution is -2.11. The van der Waals surface area contributed by atoms with Crippen LogP contribution in [0.3, 0.4) is 0 Å². The van der Waals surface area contributed by atoms with E-state index >= 15 is 0 Å². The Morgan fingerprint density at radius 1 is 1.23 bits per heavy atom. The number of aliphatic hydroxyl groups is 1. The number of hydrogen-bond donors (Lipinski definition) is 1. The van der Waals surface area contributed by atoms with Gasteiger partial charge >= 0.3 is 0 Å². The van der Waals surface area contributed by atoms with Crippen LogP contribution in [-0.2, 0) is 13.2 Å². The molecular weight excluding hydrogens is 300 g/mol. The molecule has 0 spiro atoms. The number of aromatic nitrogens is 2. The standard InChI is InChI=1S/C17H17ClN2O2/c1-12-10-13(6-7-14(12)18)22-9-8-20-16-5-3-2-4-15(16)19-17(20)11-21/h2-7,10,21H,8-9,11H2,1H3. The minimum atomic E-state index is -0.0886. The summed E-state index contributed by atoms with van der Waals surface area (Å²) >= 11 is 6.01. The van der Waals surface area contributed by atoms with Crippen LogP contribution in [0.1, 0.15) is 11.4 Å². The first kappa shape index (κ1) is 14.9. The second-order valence-electron chi connectivity index (χ2n) is 5.09. The van der Waals surface area contributed by atoms with Crippen LogP contribution >= 0.6 is 11.6 Å². The van der Waals surface area contributed by atoms with E-state index in [1.54, 1.807) is 0 Å². The van der Waals surface area contributed by atoms with E-state index in [2.05, 4.69) is 4.98 Å². The molecule has 3 aromatic rings. The van der Waals surface area contributed by atoms with Gasteiger partial charge in [0.1, 0.15) is 24.8 Å². The fraction of sp³-hybridized carbons (Fsp3) is 0.235. The van der Waals surface area contributed by atoms with E-state index in [4.69, 9.17) is 16.3 Å². The molecule has 2 aromatic carbocycles. The number of hydrogen-bond acceptors (Lipinski definition) is 3. The van der Waals surface area contributed by atoms with E-state index in [-0.39, 0.29) is 6.61 Å². The molecule has 0 fully saturated rings. The molecular formula is C17H17ClN2O2. The van der Waals surface area contributed by atoms with Gasteiger partial charge in [0.2, 0.25) is 0 Å². The van der Waals surface area contributed by atoms with E-state index in [1.807, 2.05) is 54.0 Å². The van der Waals surface area contributed by atoms with Crippen molar-refractivity contribution in [3.63, 3.8) is 0 Å². The SMILES string of the molecule is Cc1cc(OCCn2c(CO)nc3ccccc32)ccc1Cl. The summed E-state index contributed by atoms with van der Waals surface area (Å²) in [6, 6.07) is 13.4. The monoisotopic (exact) mass is 316 g/mol. The first-order valence-corrected chi connectivity index (χ1v) is 7.51. The summed E-state index contributed by atoms with van der Waals surface area (Å²) in [5.41, 5.74) is 2.87. The Labute approximate surface area is 133 Å². The number of ether oxygens (including phenoxy) is 1. The van der Waals surface area contributed by atoms with Crippen LogP contribution in [-0.4, -0.2) is 21.3 Å². The van der Waals surface area contributed by atoms with Crippen LogP contribution in [0.4, 0.5) is 0 Å². The normalized spacial score (nSPS) is 11.0. The second kappa shape index (κ2) is 6.38. The molecule has 0 bridgehead atoms. The van der Waals surface area contributed by atoms with Crippen molar-refractivity contribution >= 4 is 22.6 Å². The smallest absolute Gasteiger partial charge is 0.135 e. The van der Waals surface area contributed by atoms with Crippen molar-refractivity contribution in [1.29, 1.82) is 0 Å². The Balaban J connectivity index is 1.74. The molecule has 1 heterocycles. The van der Waals surface area contributed by atoms with Crippen molar-refractivity contribution in [3.05, 3.63) is 58.9 Å². The zero-order valence-electron chi connectivity index (χ0n) is 12.3. The Morgan fingerprint density at radius 2 is 2.05 bits per heavy atom. The Hall–Kier alpha value is -2.04. The highest BCUT2D eigenvalue weighted by molar-refractivity contribution is 6.31. The van der Waals surface area contributed by atoms with Crippen molar-refractivity contribution in [2.75, 3.05) is 6.61 Å². The Bertz CT molecular complexity index is 798. The van der Waals surface area contributed by atoms with E-state index in [0.29, 0.717) is 19.0 Å². The maximum absolute atomic E-state index is 9.46. The molecule has 0 aliphatic rings. The molecule has 1 aromatic heterocycles. The first-order chi connectivity index (χ1) is 10.7. The predicted octanol–water partition coefficient (Wildman–Crippen LogP) is 3.57. The molecule has 5 heteroatoms. The van der Waals surface area contributed by atoms with Gasteiger partial charge in [0, 0.05) is 5.02 Å². The second-order valence-corrected chi connectivity index (χ2v) is 5.49. The minimum Gasteiger partial charge on any atom is -0.492 e. The van der Waals surface area contributed by atoms with Crippen LogP contribution < -0.4 is 4.74 Å². The molecule has 0 aliphatic heterocycles. The lowest BCUT2D eigenvalue weighted by atomic mass is 10.2. The fourth-order valence-electron chi connectivity index (χ4n) is 2.46. The molecule has 0 saturated heterocycles. The van der Waals surface area contributed by atoms with Gasteiger partial charge in [0.05, 0.1) is 17.6 Å². The summed E-state index contributed by atoms with van der Waals surface area (Å²) in [6.07, 6.45) is 0. The highest BCUT2D eigenvalue weighted by atomic mass is 35.5. The van der Waals surface area contributed by atoms with Gasteiger partial charge in [-0.3, -0.25) is 0 Å². The minimum absolute atomic E-state index is 0.0886. The summed E-state index contributed by atoms with van der Waals surface area (Å²) in [5, 5.41) is 10.2. The maximum atomic E-state index is 9.46. The van der Waals surface area contributed by atoms with Gasteiger partial charge in [0.15, 0.2) is 0 Å². The van der Waals surface area contributed by atoms with Gasteiger partial charge in [-0.15, -0.1) is 0 Å². The van der Waals surface area contributed by atoms with Gasteiger partial charge < -0.3 is 14.4 Å². The molecule has 1 N–H and O–H groups in total. The number of para-hydroxylation sites is 2. The number of aliphatic hydroxyl groups excluding tert-OH is 1. The first-order valence-electron chi connectivity index (χ1n) is 7.13. The number of imidazole rings is 1. The van der Waals surface area contributed by atoms with E-state index < -0.39 is 0 Å². The predicted molar refractivity (Wildman–Crippen MR) is 87.3 cm³/mol. The van der Waals surface area contributed by atoms with Crippen molar-refractivity contribution in [2.45, 2.75) is 20.1 Å². The van der Waals surface area contributed by atoms with Crippen LogP contribution in [0.25, 0.3) is 11.0 Å². The molecule has 114 valence electrons. The average molecular weight is 317 g/mol. The number of aryl methyl sites for hydroxylation is 1. The number of halogens is 1. The molecule has 0 radical (unpaired) electrons. The molecule has 0 unspecified atom stereocenters. The fourth-order valence-corrected chi connectivity index (χ4v) is 2.57. The van der Waals surface area contributed by atoms with E-state index in [1.165, 1.54) is 0 Å². The van der Waals surface area contributed by atoms with Crippen LogP contribution in [0.5, 0.6) is 5.75 Å². The van der Waals surface area contributed by atoms with Gasteiger partial charge in [-0.05, 0) is 42.8 Å². The van der Waals surface area contributed by atoms with E-state index in [9.17, 15) is 5.11 Å². The maximum Gasteiger partial charge on any atom is 0.135 e. The van der Waals surface area contributed by atoms with Crippen molar-refractivity contribution in [1.82, 2.24) is 9.55 Å². The van der Waals surface area contributed by atoms with Gasteiger partial charge in [-0.25, -0.2) is 4.98 Å². The van der Waals surface area contributed by atoms with Crippen LogP contribution in [0.2, 0.25) is 5.02 Å². The lowest BCUT2D eigenvalue weighted by molar-refractivity contribution is 0.255. The number of nitrogens with zero attached hydrogens (tertiary/aromatic N) is 2. The summed E-state index contributed by atoms with van der Waals surface area (Å²) in [7, 11) is 0. The van der Waals surface area contributed by atoms with Gasteiger partial charge in [-0.1, -0.05) is 23.7 Å². The molecule has 3 rings (SSSR count). The van der Waals surface area contributed by atoms with Crippen molar-refractivity contribution in [3.8, 4) is 5.75 Å². The Kier molecular flexibility index (Phi) is 4.32. The van der Waals surface area contributed by atoms with Crippen molar-refractivity contribution < 1.29 is 9.84 Å². The molecule has 0 atom stereocenters.